The lowest BCUT2D eigenvalue weighted by Gasteiger charge is -2.06. The SMILES string of the molecule is CCCCNCCOc1ccc(Cl)cc1. The number of ether oxygens (including phenoxy) is 1. The van der Waals surface area contributed by atoms with Crippen molar-refractivity contribution in [3.05, 3.63) is 29.3 Å². The van der Waals surface area contributed by atoms with E-state index in [4.69, 9.17) is 16.3 Å². The molecule has 84 valence electrons. The lowest BCUT2D eigenvalue weighted by Crippen LogP contribution is -2.21. The van der Waals surface area contributed by atoms with E-state index in [1.165, 1.54) is 12.8 Å². The Labute approximate surface area is 96.6 Å². The molecule has 0 saturated carbocycles. The summed E-state index contributed by atoms with van der Waals surface area (Å²) in [5.74, 6) is 0.872. The zero-order chi connectivity index (χ0) is 10.9. The average molecular weight is 228 g/mol. The van der Waals surface area contributed by atoms with E-state index in [2.05, 4.69) is 12.2 Å². The van der Waals surface area contributed by atoms with Crippen molar-refractivity contribution in [3.8, 4) is 5.75 Å². The van der Waals surface area contributed by atoms with Crippen LogP contribution >= 0.6 is 11.6 Å². The van der Waals surface area contributed by atoms with Crippen LogP contribution in [0.15, 0.2) is 24.3 Å². The standard InChI is InChI=1S/C12H18ClNO/c1-2-3-8-14-9-10-15-12-6-4-11(13)5-7-12/h4-7,14H,2-3,8-10H2,1H3. The molecule has 0 saturated heterocycles. The Balaban J connectivity index is 2.07. The predicted octanol–water partition coefficient (Wildman–Crippen LogP) is 3.11. The second kappa shape index (κ2) is 7.55. The Morgan fingerprint density at radius 3 is 2.60 bits per heavy atom. The van der Waals surface area contributed by atoms with Crippen LogP contribution in [0.3, 0.4) is 0 Å². The van der Waals surface area contributed by atoms with Crippen molar-refractivity contribution in [3.63, 3.8) is 0 Å². The normalized spacial score (nSPS) is 10.3. The lowest BCUT2D eigenvalue weighted by molar-refractivity contribution is 0.314. The van der Waals surface area contributed by atoms with Crippen molar-refractivity contribution >= 4 is 11.6 Å². The largest absolute Gasteiger partial charge is 0.492 e. The minimum absolute atomic E-state index is 0.700. The molecule has 1 aromatic rings. The van der Waals surface area contributed by atoms with Gasteiger partial charge in [0.25, 0.3) is 0 Å². The first-order valence-electron chi connectivity index (χ1n) is 5.42. The first-order chi connectivity index (χ1) is 7.33. The van der Waals surface area contributed by atoms with Gasteiger partial charge in [-0.3, -0.25) is 0 Å². The number of hydrogen-bond acceptors (Lipinski definition) is 2. The summed E-state index contributed by atoms with van der Waals surface area (Å²) < 4.78 is 5.52. The van der Waals surface area contributed by atoms with Crippen molar-refractivity contribution in [1.29, 1.82) is 0 Å². The third-order valence-corrected chi connectivity index (χ3v) is 2.32. The fraction of sp³-hybridized carbons (Fsp3) is 0.500. The Morgan fingerprint density at radius 2 is 1.93 bits per heavy atom. The van der Waals surface area contributed by atoms with E-state index in [-0.39, 0.29) is 0 Å². The van der Waals surface area contributed by atoms with Crippen molar-refractivity contribution in [2.75, 3.05) is 19.7 Å². The first kappa shape index (κ1) is 12.3. The summed E-state index contributed by atoms with van der Waals surface area (Å²) in [7, 11) is 0. The third kappa shape index (κ3) is 5.65. The van der Waals surface area contributed by atoms with Crippen LogP contribution < -0.4 is 10.1 Å². The van der Waals surface area contributed by atoms with Gasteiger partial charge in [-0.05, 0) is 37.2 Å². The van der Waals surface area contributed by atoms with Gasteiger partial charge in [-0.2, -0.15) is 0 Å². The molecule has 0 fully saturated rings. The number of benzene rings is 1. The van der Waals surface area contributed by atoms with Crippen molar-refractivity contribution in [2.45, 2.75) is 19.8 Å². The van der Waals surface area contributed by atoms with Crippen molar-refractivity contribution in [2.24, 2.45) is 0 Å². The van der Waals surface area contributed by atoms with Crippen molar-refractivity contribution in [1.82, 2.24) is 5.32 Å². The van der Waals surface area contributed by atoms with Crippen LogP contribution in [-0.2, 0) is 0 Å². The van der Waals surface area contributed by atoms with Crippen LogP contribution in [0, 0.1) is 0 Å². The summed E-state index contributed by atoms with van der Waals surface area (Å²) in [5.41, 5.74) is 0. The monoisotopic (exact) mass is 227 g/mol. The van der Waals surface area contributed by atoms with Crippen LogP contribution in [0.1, 0.15) is 19.8 Å². The minimum atomic E-state index is 0.700. The van der Waals surface area contributed by atoms with E-state index in [1.54, 1.807) is 0 Å². The molecule has 0 radical (unpaired) electrons. The molecular weight excluding hydrogens is 210 g/mol. The second-order valence-electron chi connectivity index (χ2n) is 3.41. The van der Waals surface area contributed by atoms with E-state index in [1.807, 2.05) is 24.3 Å². The number of rotatable bonds is 7. The van der Waals surface area contributed by atoms with Crippen LogP contribution in [0.5, 0.6) is 5.75 Å². The van der Waals surface area contributed by atoms with E-state index in [0.717, 1.165) is 23.9 Å². The molecule has 0 amide bonds. The molecule has 2 nitrogen and oxygen atoms in total. The maximum atomic E-state index is 5.76. The Hall–Kier alpha value is -0.730. The number of halogens is 1. The van der Waals surface area contributed by atoms with E-state index in [9.17, 15) is 0 Å². The highest BCUT2D eigenvalue weighted by Crippen LogP contribution is 2.14. The molecule has 1 aromatic carbocycles. The van der Waals surface area contributed by atoms with Gasteiger partial charge in [-0.1, -0.05) is 24.9 Å². The molecule has 0 aliphatic heterocycles. The van der Waals surface area contributed by atoms with E-state index in [0.29, 0.717) is 6.61 Å². The summed E-state index contributed by atoms with van der Waals surface area (Å²) in [6, 6.07) is 7.44. The molecule has 1 N–H and O–H groups in total. The van der Waals surface area contributed by atoms with Gasteiger partial charge in [0.15, 0.2) is 0 Å². The molecule has 0 spiro atoms. The zero-order valence-corrected chi connectivity index (χ0v) is 9.89. The fourth-order valence-corrected chi connectivity index (χ4v) is 1.32. The van der Waals surface area contributed by atoms with Crippen LogP contribution in [0.4, 0.5) is 0 Å². The summed E-state index contributed by atoms with van der Waals surface area (Å²) in [5, 5.41) is 4.06. The molecule has 0 unspecified atom stereocenters. The van der Waals surface area contributed by atoms with Gasteiger partial charge in [-0.25, -0.2) is 0 Å². The van der Waals surface area contributed by atoms with E-state index >= 15 is 0 Å². The second-order valence-corrected chi connectivity index (χ2v) is 3.84. The van der Waals surface area contributed by atoms with Gasteiger partial charge >= 0.3 is 0 Å². The molecule has 0 aromatic heterocycles. The Bertz CT molecular complexity index is 261. The van der Waals surface area contributed by atoms with Gasteiger partial charge < -0.3 is 10.1 Å². The maximum absolute atomic E-state index is 5.76. The molecule has 15 heavy (non-hydrogen) atoms. The Morgan fingerprint density at radius 1 is 1.20 bits per heavy atom. The number of unbranched alkanes of at least 4 members (excludes halogenated alkanes) is 1. The molecule has 0 heterocycles. The minimum Gasteiger partial charge on any atom is -0.492 e. The molecule has 0 bridgehead atoms. The number of hydrogen-bond donors (Lipinski definition) is 1. The molecule has 3 heteroatoms. The molecule has 1 rings (SSSR count). The lowest BCUT2D eigenvalue weighted by atomic mass is 10.3. The fourth-order valence-electron chi connectivity index (χ4n) is 1.20. The highest BCUT2D eigenvalue weighted by atomic mass is 35.5. The van der Waals surface area contributed by atoms with Crippen LogP contribution in [0.25, 0.3) is 0 Å². The third-order valence-electron chi connectivity index (χ3n) is 2.07. The molecule has 0 aliphatic rings. The molecule has 0 aliphatic carbocycles. The number of nitrogens with one attached hydrogen (secondary N) is 1. The topological polar surface area (TPSA) is 21.3 Å². The summed E-state index contributed by atoms with van der Waals surface area (Å²) in [6.45, 7) is 4.85. The first-order valence-corrected chi connectivity index (χ1v) is 5.80. The average Bonchev–Trinajstić information content (AvgIpc) is 2.26. The quantitative estimate of drug-likeness (QED) is 0.723. The van der Waals surface area contributed by atoms with Gasteiger partial charge in [0.1, 0.15) is 12.4 Å². The van der Waals surface area contributed by atoms with Crippen LogP contribution in [0.2, 0.25) is 5.02 Å². The summed E-state index contributed by atoms with van der Waals surface area (Å²) in [6.07, 6.45) is 2.45. The smallest absolute Gasteiger partial charge is 0.119 e. The Kier molecular flexibility index (Phi) is 6.21. The van der Waals surface area contributed by atoms with E-state index < -0.39 is 0 Å². The van der Waals surface area contributed by atoms with Gasteiger partial charge in [-0.15, -0.1) is 0 Å². The predicted molar refractivity (Wildman–Crippen MR) is 64.7 cm³/mol. The molecule has 0 atom stereocenters. The molecular formula is C12H18ClNO. The highest BCUT2D eigenvalue weighted by Gasteiger charge is 1.93. The maximum Gasteiger partial charge on any atom is 0.119 e. The van der Waals surface area contributed by atoms with Gasteiger partial charge in [0.2, 0.25) is 0 Å². The zero-order valence-electron chi connectivity index (χ0n) is 9.13. The van der Waals surface area contributed by atoms with Gasteiger partial charge in [0, 0.05) is 11.6 Å². The summed E-state index contributed by atoms with van der Waals surface area (Å²) >= 11 is 5.76. The highest BCUT2D eigenvalue weighted by molar-refractivity contribution is 6.30. The van der Waals surface area contributed by atoms with Gasteiger partial charge in [0.05, 0.1) is 0 Å². The summed E-state index contributed by atoms with van der Waals surface area (Å²) in [4.78, 5) is 0. The van der Waals surface area contributed by atoms with Crippen molar-refractivity contribution < 1.29 is 4.74 Å². The van der Waals surface area contributed by atoms with Crippen LogP contribution in [-0.4, -0.2) is 19.7 Å².